The second-order valence-electron chi connectivity index (χ2n) is 14.0. The number of halogens is 2. The highest BCUT2D eigenvalue weighted by Gasteiger charge is 2.37. The summed E-state index contributed by atoms with van der Waals surface area (Å²) in [6.45, 7) is 20.2. The average molecular weight is 689 g/mol. The number of rotatable bonds is 13. The number of anilines is 1. The Labute approximate surface area is 292 Å². The van der Waals surface area contributed by atoms with Gasteiger partial charge < -0.3 is 24.2 Å². The van der Waals surface area contributed by atoms with Gasteiger partial charge in [0, 0.05) is 48.5 Å². The second kappa shape index (κ2) is 14.7. The van der Waals surface area contributed by atoms with E-state index in [4.69, 9.17) is 24.3 Å². The molecule has 1 aliphatic rings. The molecule has 0 aliphatic carbocycles. The van der Waals surface area contributed by atoms with Crippen molar-refractivity contribution in [3.05, 3.63) is 90.7 Å². The van der Waals surface area contributed by atoms with Crippen molar-refractivity contribution in [3.8, 4) is 28.1 Å². The van der Waals surface area contributed by atoms with E-state index in [-0.39, 0.29) is 17.5 Å². The summed E-state index contributed by atoms with van der Waals surface area (Å²) in [7, 11) is 0. The minimum absolute atomic E-state index is 0.211. The average Bonchev–Trinajstić information content (AvgIpc) is 3.48. The maximum absolute atomic E-state index is 14.6. The normalized spacial score (nSPS) is 15.9. The molecule has 0 radical (unpaired) electrons. The lowest BCUT2D eigenvalue weighted by atomic mass is 9.92. The van der Waals surface area contributed by atoms with E-state index in [1.807, 2.05) is 52.0 Å². The highest BCUT2D eigenvalue weighted by atomic mass is 19.2. The van der Waals surface area contributed by atoms with Crippen LogP contribution >= 0.6 is 0 Å². The van der Waals surface area contributed by atoms with Gasteiger partial charge in [-0.1, -0.05) is 30.4 Å². The van der Waals surface area contributed by atoms with E-state index >= 15 is 0 Å². The fourth-order valence-corrected chi connectivity index (χ4v) is 6.25. The number of aliphatic carboxylic acids is 1. The number of hydrogen-bond donors (Lipinski definition) is 1. The fourth-order valence-electron chi connectivity index (χ4n) is 6.25. The number of fused-ring (bicyclic) bond motifs is 1. The molecule has 4 aromatic rings. The first-order valence-corrected chi connectivity index (χ1v) is 16.8. The topological polar surface area (TPSA) is 98.4 Å². The molecule has 5 rings (SSSR count). The quantitative estimate of drug-likeness (QED) is 0.140. The Balaban J connectivity index is 1.64. The first kappa shape index (κ1) is 36.7. The first-order valence-electron chi connectivity index (χ1n) is 16.8. The molecule has 50 heavy (non-hydrogen) atoms. The van der Waals surface area contributed by atoms with E-state index in [9.17, 15) is 18.7 Å². The number of piperidine rings is 1. The van der Waals surface area contributed by atoms with Gasteiger partial charge in [-0.25, -0.2) is 18.6 Å². The van der Waals surface area contributed by atoms with Crippen LogP contribution in [0.4, 0.5) is 14.6 Å². The highest BCUT2D eigenvalue weighted by molar-refractivity contribution is 5.80. The number of carbonyl (C=O) groups is 1. The summed E-state index contributed by atoms with van der Waals surface area (Å²) in [5.74, 6) is -2.33. The zero-order chi connectivity index (χ0) is 36.4. The molecular weight excluding hydrogens is 642 g/mol. The van der Waals surface area contributed by atoms with Crippen molar-refractivity contribution >= 4 is 17.4 Å². The van der Waals surface area contributed by atoms with Gasteiger partial charge in [0.1, 0.15) is 11.6 Å². The summed E-state index contributed by atoms with van der Waals surface area (Å²) < 4.78 is 48.9. The lowest BCUT2D eigenvalue weighted by Gasteiger charge is -2.41. The molecule has 9 nitrogen and oxygen atoms in total. The van der Waals surface area contributed by atoms with Crippen LogP contribution in [-0.4, -0.2) is 62.7 Å². The molecule has 0 bridgehead atoms. The number of ether oxygens (including phenoxy) is 3. The Morgan fingerprint density at radius 3 is 2.40 bits per heavy atom. The summed E-state index contributed by atoms with van der Waals surface area (Å²) in [5.41, 5.74) is 2.58. The molecule has 2 aromatic carbocycles. The number of nitrogens with zero attached hydrogens (tertiary/aromatic N) is 4. The van der Waals surface area contributed by atoms with E-state index in [1.165, 1.54) is 0 Å². The molecule has 2 aromatic heterocycles. The van der Waals surface area contributed by atoms with Crippen LogP contribution in [0.5, 0.6) is 5.75 Å². The molecule has 1 N–H and O–H groups in total. The summed E-state index contributed by atoms with van der Waals surface area (Å²) >= 11 is 0. The maximum atomic E-state index is 14.6. The van der Waals surface area contributed by atoms with Crippen molar-refractivity contribution in [3.63, 3.8) is 0 Å². The number of hydrogen-bond acceptors (Lipinski definition) is 7. The van der Waals surface area contributed by atoms with Gasteiger partial charge in [-0.3, -0.25) is 0 Å². The monoisotopic (exact) mass is 688 g/mol. The third kappa shape index (κ3) is 8.05. The molecular formula is C39H46F2N4O5. The SMILES string of the molecule is C=CCOC1(C)CCN(c2c(C(OC(C)(C)C)C(=O)O)c(C)nc3cc(-c4cccc(-c5cc(F)c(F)cc5O[C@@H](C)CC=C)c4)nn23)CC1. The number of aromatic nitrogens is 3. The summed E-state index contributed by atoms with van der Waals surface area (Å²) in [6.07, 6.45) is 3.74. The van der Waals surface area contributed by atoms with Crippen LogP contribution in [0.1, 0.15) is 71.2 Å². The lowest BCUT2D eigenvalue weighted by Crippen LogP contribution is -2.45. The van der Waals surface area contributed by atoms with Crippen molar-refractivity contribution in [1.82, 2.24) is 14.6 Å². The van der Waals surface area contributed by atoms with Crippen molar-refractivity contribution in [2.45, 2.75) is 84.2 Å². The third-order valence-electron chi connectivity index (χ3n) is 8.75. The second-order valence-corrected chi connectivity index (χ2v) is 14.0. The van der Waals surface area contributed by atoms with Crippen LogP contribution in [0.15, 0.2) is 67.8 Å². The lowest BCUT2D eigenvalue weighted by molar-refractivity contribution is -0.160. The van der Waals surface area contributed by atoms with Gasteiger partial charge in [0.2, 0.25) is 0 Å². The molecule has 0 saturated carbocycles. The number of carboxylic acids is 1. The van der Waals surface area contributed by atoms with Gasteiger partial charge in [-0.05, 0) is 72.1 Å². The van der Waals surface area contributed by atoms with Gasteiger partial charge in [0.15, 0.2) is 23.4 Å². The van der Waals surface area contributed by atoms with E-state index in [0.29, 0.717) is 84.1 Å². The number of benzene rings is 2. The number of aryl methyl sites for hydroxylation is 1. The van der Waals surface area contributed by atoms with Crippen LogP contribution in [0.2, 0.25) is 0 Å². The van der Waals surface area contributed by atoms with Crippen LogP contribution < -0.4 is 9.64 Å². The minimum atomic E-state index is -1.31. The molecule has 0 amide bonds. The van der Waals surface area contributed by atoms with Crippen LogP contribution in [0.3, 0.4) is 0 Å². The van der Waals surface area contributed by atoms with Crippen molar-refractivity contribution in [2.75, 3.05) is 24.6 Å². The zero-order valence-corrected chi connectivity index (χ0v) is 29.6. The van der Waals surface area contributed by atoms with Gasteiger partial charge in [0.25, 0.3) is 0 Å². The van der Waals surface area contributed by atoms with E-state index in [1.54, 1.807) is 29.7 Å². The van der Waals surface area contributed by atoms with Gasteiger partial charge >= 0.3 is 5.97 Å². The van der Waals surface area contributed by atoms with Crippen LogP contribution in [-0.2, 0) is 14.3 Å². The summed E-state index contributed by atoms with van der Waals surface area (Å²) in [6, 6.07) is 11.3. The molecule has 11 heteroatoms. The fraction of sp³-hybridized carbons (Fsp3) is 0.410. The van der Waals surface area contributed by atoms with Crippen LogP contribution in [0, 0.1) is 18.6 Å². The van der Waals surface area contributed by atoms with Crippen molar-refractivity contribution in [1.29, 1.82) is 0 Å². The molecule has 0 spiro atoms. The van der Waals surface area contributed by atoms with E-state index in [2.05, 4.69) is 25.0 Å². The Bertz CT molecular complexity index is 1890. The summed E-state index contributed by atoms with van der Waals surface area (Å²) in [5, 5.41) is 15.4. The van der Waals surface area contributed by atoms with Gasteiger partial charge in [-0.2, -0.15) is 9.61 Å². The zero-order valence-electron chi connectivity index (χ0n) is 29.6. The molecule has 266 valence electrons. The largest absolute Gasteiger partial charge is 0.490 e. The Morgan fingerprint density at radius 2 is 1.76 bits per heavy atom. The first-order chi connectivity index (χ1) is 23.6. The maximum Gasteiger partial charge on any atom is 0.337 e. The van der Waals surface area contributed by atoms with E-state index in [0.717, 1.165) is 12.1 Å². The summed E-state index contributed by atoms with van der Waals surface area (Å²) in [4.78, 5) is 19.7. The minimum Gasteiger partial charge on any atom is -0.490 e. The Kier molecular flexibility index (Phi) is 10.8. The van der Waals surface area contributed by atoms with Crippen molar-refractivity contribution in [2.24, 2.45) is 0 Å². The Hall–Kier alpha value is -4.61. The molecule has 2 atom stereocenters. The molecule has 1 aliphatic heterocycles. The van der Waals surface area contributed by atoms with E-state index < -0.39 is 29.3 Å². The van der Waals surface area contributed by atoms with Gasteiger partial charge in [0.05, 0.1) is 35.2 Å². The van der Waals surface area contributed by atoms with Crippen LogP contribution in [0.25, 0.3) is 28.0 Å². The standard InChI is InChI=1S/C39H46F2N4O5/c1-9-12-24(3)49-32-22-30(41)29(40)21-28(32)26-13-11-14-27(20-26)31-23-33-42-25(4)34(35(37(46)47)50-38(5,6)7)36(45(33)43-31)44-17-15-39(8,16-18-44)48-19-10-2/h9-11,13-14,20-24,35H,1-2,12,15-19H2,3-8H3,(H,46,47)/t24-,35?/m0/s1. The molecule has 1 fully saturated rings. The molecule has 1 saturated heterocycles. The molecule has 1 unspecified atom stereocenters. The highest BCUT2D eigenvalue weighted by Crippen LogP contribution is 2.39. The predicted molar refractivity (Wildman–Crippen MR) is 191 cm³/mol. The smallest absolute Gasteiger partial charge is 0.337 e. The Morgan fingerprint density at radius 1 is 1.08 bits per heavy atom. The third-order valence-corrected chi connectivity index (χ3v) is 8.75. The van der Waals surface area contributed by atoms with Crippen molar-refractivity contribution < 1.29 is 32.9 Å². The predicted octanol–water partition coefficient (Wildman–Crippen LogP) is 8.50. The molecule has 3 heterocycles. The van der Waals surface area contributed by atoms with Gasteiger partial charge in [-0.15, -0.1) is 13.2 Å². The number of carboxylic acid groups (broad SMARTS) is 1.